The van der Waals surface area contributed by atoms with Gasteiger partial charge >= 0.3 is 5.97 Å². The van der Waals surface area contributed by atoms with Crippen molar-refractivity contribution in [3.05, 3.63) is 24.0 Å². The van der Waals surface area contributed by atoms with Crippen LogP contribution in [0.3, 0.4) is 0 Å². The van der Waals surface area contributed by atoms with Gasteiger partial charge in [0, 0.05) is 12.2 Å². The molecule has 2 rings (SSSR count). The predicted octanol–water partition coefficient (Wildman–Crippen LogP) is 2.13. The number of hydrogen-bond donors (Lipinski definition) is 2. The van der Waals surface area contributed by atoms with Crippen molar-refractivity contribution in [2.24, 2.45) is 5.92 Å². The number of alkyl halides is 2. The maximum Gasteiger partial charge on any atom is 0.306 e. The molecule has 0 aromatic carbocycles. The smallest absolute Gasteiger partial charge is 0.306 e. The van der Waals surface area contributed by atoms with Gasteiger partial charge in [0.2, 0.25) is 0 Å². The molecule has 0 bridgehead atoms. The van der Waals surface area contributed by atoms with Gasteiger partial charge in [-0.3, -0.25) is 9.59 Å². The molecule has 2 unspecified atom stereocenters. The zero-order valence-electron chi connectivity index (χ0n) is 11.5. The monoisotopic (exact) mass is 300 g/mol. The van der Waals surface area contributed by atoms with Gasteiger partial charge < -0.3 is 15.0 Å². The quantitative estimate of drug-likeness (QED) is 0.875. The number of carboxylic acid groups (broad SMARTS) is 1. The average molecular weight is 300 g/mol. The lowest BCUT2D eigenvalue weighted by Gasteiger charge is -2.27. The Bertz CT molecular complexity index is 516. The van der Waals surface area contributed by atoms with E-state index in [1.807, 2.05) is 0 Å². The lowest BCUT2D eigenvalue weighted by Crippen LogP contribution is -2.40. The summed E-state index contributed by atoms with van der Waals surface area (Å²) in [5.41, 5.74) is 0.174. The molecule has 1 aliphatic rings. The fraction of sp³-hybridized carbons (Fsp3) is 0.571. The first-order valence-corrected chi connectivity index (χ1v) is 6.94. The van der Waals surface area contributed by atoms with E-state index in [4.69, 9.17) is 5.11 Å². The number of nitrogens with zero attached hydrogens (tertiary/aromatic N) is 1. The number of carbonyl (C=O) groups is 2. The van der Waals surface area contributed by atoms with E-state index in [9.17, 15) is 18.4 Å². The largest absolute Gasteiger partial charge is 0.481 e. The molecule has 0 radical (unpaired) electrons. The predicted molar refractivity (Wildman–Crippen MR) is 71.3 cm³/mol. The third-order valence-electron chi connectivity index (χ3n) is 3.76. The van der Waals surface area contributed by atoms with Gasteiger partial charge in [-0.1, -0.05) is 6.42 Å². The first-order valence-electron chi connectivity index (χ1n) is 6.94. The third-order valence-corrected chi connectivity index (χ3v) is 3.76. The molecule has 0 aliphatic heterocycles. The minimum absolute atomic E-state index is 0.174. The van der Waals surface area contributed by atoms with E-state index in [2.05, 4.69) is 5.32 Å². The molecule has 2 N–H and O–H groups in total. The fourth-order valence-electron chi connectivity index (χ4n) is 2.73. The average Bonchev–Trinajstić information content (AvgIpc) is 2.86. The second-order valence-corrected chi connectivity index (χ2v) is 5.31. The van der Waals surface area contributed by atoms with Crippen molar-refractivity contribution >= 4 is 11.9 Å². The molecule has 0 spiro atoms. The van der Waals surface area contributed by atoms with Gasteiger partial charge in [0.25, 0.3) is 12.3 Å². The summed E-state index contributed by atoms with van der Waals surface area (Å²) in [7, 11) is 0. The van der Waals surface area contributed by atoms with E-state index < -0.39 is 30.8 Å². The van der Waals surface area contributed by atoms with Gasteiger partial charge in [-0.15, -0.1) is 0 Å². The van der Waals surface area contributed by atoms with Gasteiger partial charge in [0.1, 0.15) is 5.69 Å². The van der Waals surface area contributed by atoms with Crippen LogP contribution >= 0.6 is 0 Å². The number of carbonyl (C=O) groups excluding carboxylic acids is 1. The first-order chi connectivity index (χ1) is 9.97. The summed E-state index contributed by atoms with van der Waals surface area (Å²) >= 11 is 0. The third kappa shape index (κ3) is 4.03. The van der Waals surface area contributed by atoms with Crippen molar-refractivity contribution < 1.29 is 23.5 Å². The lowest BCUT2D eigenvalue weighted by molar-refractivity contribution is -0.143. The number of nitrogens with one attached hydrogen (secondary N) is 1. The van der Waals surface area contributed by atoms with Crippen LogP contribution in [-0.2, 0) is 11.3 Å². The maximum absolute atomic E-state index is 12.4. The molecule has 1 aromatic rings. The van der Waals surface area contributed by atoms with E-state index in [-0.39, 0.29) is 11.7 Å². The summed E-state index contributed by atoms with van der Waals surface area (Å²) in [6.45, 7) is -0.530. The van der Waals surface area contributed by atoms with Crippen molar-refractivity contribution in [2.45, 2.75) is 44.7 Å². The minimum Gasteiger partial charge on any atom is -0.481 e. The Balaban J connectivity index is 1.98. The number of amides is 1. The highest BCUT2D eigenvalue weighted by molar-refractivity contribution is 5.93. The van der Waals surface area contributed by atoms with Gasteiger partial charge in [-0.2, -0.15) is 0 Å². The highest BCUT2D eigenvalue weighted by Crippen LogP contribution is 2.24. The van der Waals surface area contributed by atoms with Crippen LogP contribution < -0.4 is 5.32 Å². The molecular weight excluding hydrogens is 282 g/mol. The summed E-state index contributed by atoms with van der Waals surface area (Å²) in [6, 6.07) is 2.80. The van der Waals surface area contributed by atoms with Gasteiger partial charge in [0.05, 0.1) is 12.5 Å². The van der Waals surface area contributed by atoms with Crippen molar-refractivity contribution in [1.29, 1.82) is 0 Å². The fourth-order valence-corrected chi connectivity index (χ4v) is 2.73. The van der Waals surface area contributed by atoms with Crippen LogP contribution in [-0.4, -0.2) is 34.0 Å². The van der Waals surface area contributed by atoms with E-state index in [0.717, 1.165) is 6.42 Å². The molecule has 7 heteroatoms. The number of carboxylic acids is 1. The Morgan fingerprint density at radius 2 is 2.19 bits per heavy atom. The van der Waals surface area contributed by atoms with Gasteiger partial charge in [0.15, 0.2) is 0 Å². The number of aliphatic carboxylic acids is 1. The topological polar surface area (TPSA) is 71.3 Å². The molecule has 1 saturated carbocycles. The number of hydrogen-bond acceptors (Lipinski definition) is 2. The highest BCUT2D eigenvalue weighted by atomic mass is 19.3. The molecule has 1 amide bonds. The number of aromatic nitrogens is 1. The first kappa shape index (κ1) is 15.5. The van der Waals surface area contributed by atoms with Crippen molar-refractivity contribution in [2.75, 3.05) is 0 Å². The maximum atomic E-state index is 12.4. The minimum atomic E-state index is -2.53. The van der Waals surface area contributed by atoms with E-state index in [1.54, 1.807) is 0 Å². The van der Waals surface area contributed by atoms with Gasteiger partial charge in [-0.25, -0.2) is 8.78 Å². The molecule has 1 heterocycles. The second-order valence-electron chi connectivity index (χ2n) is 5.31. The van der Waals surface area contributed by atoms with E-state index >= 15 is 0 Å². The Morgan fingerprint density at radius 1 is 1.43 bits per heavy atom. The van der Waals surface area contributed by atoms with Crippen molar-refractivity contribution in [3.63, 3.8) is 0 Å². The Labute approximate surface area is 120 Å². The summed E-state index contributed by atoms with van der Waals surface area (Å²) in [5, 5.41) is 11.8. The SMILES string of the molecule is O=C(NC1CCCC(C(=O)O)C1)c1cccn1CC(F)F. The molecule has 5 nitrogen and oxygen atoms in total. The molecule has 1 fully saturated rings. The van der Waals surface area contributed by atoms with Crippen molar-refractivity contribution in [1.82, 2.24) is 9.88 Å². The summed E-state index contributed by atoms with van der Waals surface area (Å²) in [5.74, 6) is -1.73. The van der Waals surface area contributed by atoms with Crippen LogP contribution in [0.4, 0.5) is 8.78 Å². The van der Waals surface area contributed by atoms with E-state index in [0.29, 0.717) is 19.3 Å². The molecule has 21 heavy (non-hydrogen) atoms. The zero-order chi connectivity index (χ0) is 15.4. The van der Waals surface area contributed by atoms with Crippen LogP contribution in [0, 0.1) is 5.92 Å². The molecule has 2 atom stereocenters. The summed E-state index contributed by atoms with van der Waals surface area (Å²) in [4.78, 5) is 23.1. The highest BCUT2D eigenvalue weighted by Gasteiger charge is 2.28. The lowest BCUT2D eigenvalue weighted by atomic mass is 9.86. The molecule has 1 aromatic heterocycles. The van der Waals surface area contributed by atoms with Crippen molar-refractivity contribution in [3.8, 4) is 0 Å². The number of rotatable bonds is 5. The van der Waals surface area contributed by atoms with E-state index in [1.165, 1.54) is 22.9 Å². The second kappa shape index (κ2) is 6.69. The number of halogens is 2. The van der Waals surface area contributed by atoms with Crippen LogP contribution in [0.25, 0.3) is 0 Å². The van der Waals surface area contributed by atoms with Gasteiger partial charge in [-0.05, 0) is 31.4 Å². The molecule has 116 valence electrons. The van der Waals surface area contributed by atoms with Crippen LogP contribution in [0.15, 0.2) is 18.3 Å². The normalized spacial score (nSPS) is 22.2. The zero-order valence-corrected chi connectivity index (χ0v) is 11.5. The standard InChI is InChI=1S/C14H18F2N2O3/c15-12(16)8-18-6-2-5-11(18)13(19)17-10-4-1-3-9(7-10)14(20)21/h2,5-6,9-10,12H,1,3-4,7-8H2,(H,17,19)(H,20,21). The Hall–Kier alpha value is -1.92. The summed E-state index contributed by atoms with van der Waals surface area (Å²) in [6.07, 6.45) is 1.35. The Morgan fingerprint density at radius 3 is 2.86 bits per heavy atom. The molecule has 0 saturated heterocycles. The molecular formula is C14H18F2N2O3. The summed E-state index contributed by atoms with van der Waals surface area (Å²) < 4.78 is 26.1. The van der Waals surface area contributed by atoms with Crippen LogP contribution in [0.2, 0.25) is 0 Å². The molecule has 1 aliphatic carbocycles. The van der Waals surface area contributed by atoms with Crippen LogP contribution in [0.5, 0.6) is 0 Å². The van der Waals surface area contributed by atoms with Crippen LogP contribution in [0.1, 0.15) is 36.2 Å². The Kier molecular flexibility index (Phi) is 4.93.